The number of aromatic nitrogens is 1. The van der Waals surface area contributed by atoms with E-state index in [4.69, 9.17) is 5.73 Å². The fraction of sp³-hybridized carbons (Fsp3) is 0.400. The molecule has 19 heavy (non-hydrogen) atoms. The summed E-state index contributed by atoms with van der Waals surface area (Å²) in [6.07, 6.45) is 2.13. The van der Waals surface area contributed by atoms with Crippen molar-refractivity contribution in [2.24, 2.45) is 0 Å². The van der Waals surface area contributed by atoms with Crippen LogP contribution in [0.4, 0.5) is 5.69 Å². The van der Waals surface area contributed by atoms with Crippen molar-refractivity contribution in [2.75, 3.05) is 12.3 Å². The van der Waals surface area contributed by atoms with Gasteiger partial charge in [-0.25, -0.2) is 0 Å². The maximum atomic E-state index is 12.6. The monoisotopic (exact) mass is 257 g/mol. The van der Waals surface area contributed by atoms with Crippen molar-refractivity contribution in [3.8, 4) is 0 Å². The molecule has 0 spiro atoms. The van der Waals surface area contributed by atoms with E-state index in [0.717, 1.165) is 30.3 Å². The molecule has 2 aromatic rings. The number of benzene rings is 1. The number of hydrogen-bond donors (Lipinski definition) is 2. The van der Waals surface area contributed by atoms with Gasteiger partial charge in [0.25, 0.3) is 5.91 Å². The van der Waals surface area contributed by atoms with E-state index in [0.29, 0.717) is 11.4 Å². The molecule has 0 unspecified atom stereocenters. The van der Waals surface area contributed by atoms with Gasteiger partial charge in [-0.2, -0.15) is 0 Å². The maximum absolute atomic E-state index is 12.6. The zero-order valence-corrected chi connectivity index (χ0v) is 11.4. The lowest BCUT2D eigenvalue weighted by Gasteiger charge is -2.31. The first-order chi connectivity index (χ1) is 8.99. The van der Waals surface area contributed by atoms with Gasteiger partial charge < -0.3 is 15.6 Å². The van der Waals surface area contributed by atoms with Crippen LogP contribution in [0.1, 0.15) is 37.2 Å². The highest BCUT2D eigenvalue weighted by Gasteiger charge is 2.36. The quantitative estimate of drug-likeness (QED) is 0.772. The van der Waals surface area contributed by atoms with Gasteiger partial charge in [0.15, 0.2) is 0 Å². The van der Waals surface area contributed by atoms with Gasteiger partial charge in [0.1, 0.15) is 5.69 Å². The lowest BCUT2D eigenvalue weighted by atomic mass is 10.0. The second kappa shape index (κ2) is 4.02. The van der Waals surface area contributed by atoms with E-state index in [2.05, 4.69) is 18.8 Å². The summed E-state index contributed by atoms with van der Waals surface area (Å²) in [5, 5.41) is 0.986. The van der Waals surface area contributed by atoms with Gasteiger partial charge in [0, 0.05) is 17.5 Å². The highest BCUT2D eigenvalue weighted by Crippen LogP contribution is 2.30. The minimum Gasteiger partial charge on any atom is -0.397 e. The van der Waals surface area contributed by atoms with E-state index in [1.54, 1.807) is 0 Å². The number of nitrogens with two attached hydrogens (primary N) is 1. The summed E-state index contributed by atoms with van der Waals surface area (Å²) < 4.78 is 0. The van der Waals surface area contributed by atoms with Gasteiger partial charge in [-0.3, -0.25) is 4.79 Å². The highest BCUT2D eigenvalue weighted by molar-refractivity contribution is 6.01. The van der Waals surface area contributed by atoms with Crippen molar-refractivity contribution < 1.29 is 4.79 Å². The molecule has 3 N–H and O–H groups in total. The Morgan fingerprint density at radius 1 is 1.42 bits per heavy atom. The Balaban J connectivity index is 2.00. The number of rotatable bonds is 1. The molecule has 1 aliphatic rings. The summed E-state index contributed by atoms with van der Waals surface area (Å²) in [7, 11) is 0. The van der Waals surface area contributed by atoms with E-state index in [1.807, 2.05) is 29.2 Å². The third-order valence-electron chi connectivity index (χ3n) is 4.06. The van der Waals surface area contributed by atoms with E-state index >= 15 is 0 Å². The minimum atomic E-state index is -0.0556. The summed E-state index contributed by atoms with van der Waals surface area (Å²) in [5.74, 6) is 0.0677. The SMILES string of the molecule is CC1(C)CCCN1C(=O)c1cc2cccc(N)c2[nH]1. The predicted molar refractivity (Wildman–Crippen MR) is 77.1 cm³/mol. The molecule has 1 fully saturated rings. The number of aromatic amines is 1. The molecule has 1 aliphatic heterocycles. The van der Waals surface area contributed by atoms with Gasteiger partial charge in [-0.15, -0.1) is 0 Å². The fourth-order valence-corrected chi connectivity index (χ4v) is 2.92. The number of likely N-dealkylation sites (tertiary alicyclic amines) is 1. The summed E-state index contributed by atoms with van der Waals surface area (Å²) in [6, 6.07) is 7.60. The summed E-state index contributed by atoms with van der Waals surface area (Å²) >= 11 is 0. The zero-order valence-electron chi connectivity index (χ0n) is 11.4. The molecule has 4 nitrogen and oxygen atoms in total. The normalized spacial score (nSPS) is 18.1. The van der Waals surface area contributed by atoms with Gasteiger partial charge in [0.05, 0.1) is 11.2 Å². The standard InChI is InChI=1S/C15H19N3O/c1-15(2)7-4-8-18(15)14(19)12-9-10-5-3-6-11(16)13(10)17-12/h3,5-6,9,17H,4,7-8,16H2,1-2H3. The van der Waals surface area contributed by atoms with Crippen LogP contribution in [0, 0.1) is 0 Å². The van der Waals surface area contributed by atoms with Crippen molar-refractivity contribution in [1.29, 1.82) is 0 Å². The van der Waals surface area contributed by atoms with E-state index in [-0.39, 0.29) is 11.4 Å². The highest BCUT2D eigenvalue weighted by atomic mass is 16.2. The van der Waals surface area contributed by atoms with E-state index in [1.165, 1.54) is 0 Å². The average molecular weight is 257 g/mol. The molecule has 0 bridgehead atoms. The van der Waals surface area contributed by atoms with Crippen molar-refractivity contribution >= 4 is 22.5 Å². The molecule has 1 aromatic carbocycles. The molecule has 0 aliphatic carbocycles. The second-order valence-corrected chi connectivity index (χ2v) is 5.87. The molecule has 100 valence electrons. The van der Waals surface area contributed by atoms with Crippen molar-refractivity contribution in [3.63, 3.8) is 0 Å². The topological polar surface area (TPSA) is 62.1 Å². The third kappa shape index (κ3) is 1.87. The molecule has 2 heterocycles. The Labute approximate surface area is 112 Å². The Bertz CT molecular complexity index is 642. The van der Waals surface area contributed by atoms with E-state index < -0.39 is 0 Å². The molecule has 0 saturated carbocycles. The number of carbonyl (C=O) groups is 1. The Morgan fingerprint density at radius 3 is 2.84 bits per heavy atom. The first-order valence-corrected chi connectivity index (χ1v) is 6.68. The molecule has 1 amide bonds. The van der Waals surface area contributed by atoms with Crippen molar-refractivity contribution in [2.45, 2.75) is 32.2 Å². The summed E-state index contributed by atoms with van der Waals surface area (Å²) in [5.41, 5.74) is 8.02. The van der Waals surface area contributed by atoms with E-state index in [9.17, 15) is 4.79 Å². The molecule has 1 aromatic heterocycles. The number of fused-ring (bicyclic) bond motifs is 1. The summed E-state index contributed by atoms with van der Waals surface area (Å²) in [4.78, 5) is 17.7. The van der Waals surface area contributed by atoms with Crippen LogP contribution in [0.2, 0.25) is 0 Å². The van der Waals surface area contributed by atoms with Crippen LogP contribution in [0.25, 0.3) is 10.9 Å². The van der Waals surface area contributed by atoms with Crippen LogP contribution in [0.5, 0.6) is 0 Å². The first-order valence-electron chi connectivity index (χ1n) is 6.68. The number of hydrogen-bond acceptors (Lipinski definition) is 2. The van der Waals surface area contributed by atoms with Crippen molar-refractivity contribution in [1.82, 2.24) is 9.88 Å². The maximum Gasteiger partial charge on any atom is 0.270 e. The number of amides is 1. The minimum absolute atomic E-state index is 0.0556. The number of nitrogen functional groups attached to an aromatic ring is 1. The number of nitrogens with zero attached hydrogens (tertiary/aromatic N) is 1. The second-order valence-electron chi connectivity index (χ2n) is 5.87. The lowest BCUT2D eigenvalue weighted by molar-refractivity contribution is 0.0647. The van der Waals surface area contributed by atoms with Crippen molar-refractivity contribution in [3.05, 3.63) is 30.0 Å². The molecule has 0 radical (unpaired) electrons. The number of para-hydroxylation sites is 1. The molecule has 3 rings (SSSR count). The Kier molecular flexibility index (Phi) is 2.55. The molecular weight excluding hydrogens is 238 g/mol. The van der Waals surface area contributed by atoms with Crippen LogP contribution in [0.15, 0.2) is 24.3 Å². The van der Waals surface area contributed by atoms with Crippen LogP contribution < -0.4 is 5.73 Å². The smallest absolute Gasteiger partial charge is 0.270 e. The third-order valence-corrected chi connectivity index (χ3v) is 4.06. The number of anilines is 1. The molecular formula is C15H19N3O. The molecule has 4 heteroatoms. The van der Waals surface area contributed by atoms with Crippen LogP contribution >= 0.6 is 0 Å². The first kappa shape index (κ1) is 12.1. The molecule has 0 atom stereocenters. The Hall–Kier alpha value is -1.97. The predicted octanol–water partition coefficient (Wildman–Crippen LogP) is 2.76. The number of carbonyl (C=O) groups excluding carboxylic acids is 1. The van der Waals surface area contributed by atoms with Crippen LogP contribution in [0.3, 0.4) is 0 Å². The number of H-pyrrole nitrogens is 1. The number of nitrogens with one attached hydrogen (secondary N) is 1. The van der Waals surface area contributed by atoms with Crippen LogP contribution in [-0.2, 0) is 0 Å². The summed E-state index contributed by atoms with van der Waals surface area (Å²) in [6.45, 7) is 5.07. The Morgan fingerprint density at radius 2 is 2.21 bits per heavy atom. The lowest BCUT2D eigenvalue weighted by Crippen LogP contribution is -2.42. The van der Waals surface area contributed by atoms with Gasteiger partial charge in [-0.1, -0.05) is 12.1 Å². The zero-order chi connectivity index (χ0) is 13.6. The van der Waals surface area contributed by atoms with Gasteiger partial charge in [0.2, 0.25) is 0 Å². The van der Waals surface area contributed by atoms with Gasteiger partial charge >= 0.3 is 0 Å². The van der Waals surface area contributed by atoms with Gasteiger partial charge in [-0.05, 0) is 38.8 Å². The fourth-order valence-electron chi connectivity index (χ4n) is 2.92. The van der Waals surface area contributed by atoms with Crippen LogP contribution in [-0.4, -0.2) is 27.9 Å². The molecule has 1 saturated heterocycles. The largest absolute Gasteiger partial charge is 0.397 e. The average Bonchev–Trinajstić information content (AvgIpc) is 2.92.